The first-order chi connectivity index (χ1) is 9.81. The number of hydrogen-bond donors (Lipinski definition) is 1. The lowest BCUT2D eigenvalue weighted by Crippen LogP contribution is -2.27. The third kappa shape index (κ3) is 1.57. The van der Waals surface area contributed by atoms with Gasteiger partial charge in [0.15, 0.2) is 5.65 Å². The van der Waals surface area contributed by atoms with E-state index in [2.05, 4.69) is 24.4 Å². The first-order valence-corrected chi connectivity index (χ1v) is 7.92. The molecule has 2 aromatic heterocycles. The van der Waals surface area contributed by atoms with Gasteiger partial charge in [-0.25, -0.2) is 9.50 Å². The molecule has 0 spiro atoms. The van der Waals surface area contributed by atoms with E-state index in [4.69, 9.17) is 10.1 Å². The van der Waals surface area contributed by atoms with Gasteiger partial charge in [0.2, 0.25) is 0 Å². The van der Waals surface area contributed by atoms with Crippen LogP contribution in [0.5, 0.6) is 0 Å². The quantitative estimate of drug-likeness (QED) is 0.910. The van der Waals surface area contributed by atoms with Gasteiger partial charge in [-0.2, -0.15) is 5.10 Å². The average molecular weight is 268 g/mol. The average Bonchev–Trinajstić information content (AvgIpc) is 3.32. The van der Waals surface area contributed by atoms with Crippen LogP contribution in [0.1, 0.15) is 54.7 Å². The molecule has 3 atom stereocenters. The van der Waals surface area contributed by atoms with Crippen molar-refractivity contribution in [2.45, 2.75) is 44.6 Å². The monoisotopic (exact) mass is 268 g/mol. The van der Waals surface area contributed by atoms with E-state index < -0.39 is 0 Å². The van der Waals surface area contributed by atoms with Gasteiger partial charge in [0.25, 0.3) is 0 Å². The number of rotatable bonds is 2. The normalized spacial score (nSPS) is 35.0. The zero-order chi connectivity index (χ0) is 13.3. The van der Waals surface area contributed by atoms with E-state index in [0.717, 1.165) is 29.9 Å². The van der Waals surface area contributed by atoms with Gasteiger partial charge in [-0.15, -0.1) is 0 Å². The van der Waals surface area contributed by atoms with Crippen LogP contribution in [0.4, 0.5) is 0 Å². The minimum atomic E-state index is 0.419. The molecule has 0 radical (unpaired) electrons. The molecule has 2 unspecified atom stereocenters. The minimum Gasteiger partial charge on any atom is -0.309 e. The Bertz CT molecular complexity index is 675. The standard InChI is InChI=1S/C16H20N4/c1-9-6-14(16-10-7-11(10)16)18-15-8-13(19-20(9)15)12-4-2-3-5-17-12/h6,8,10-12,16-17H,2-5,7H2,1H3/t10?,11?,12-,16?/m0/s1. The third-order valence-electron chi connectivity index (χ3n) is 5.33. The van der Waals surface area contributed by atoms with Crippen LogP contribution in [0.3, 0.4) is 0 Å². The molecule has 3 aliphatic rings. The van der Waals surface area contributed by atoms with Gasteiger partial charge >= 0.3 is 0 Å². The number of piperidine rings is 1. The summed E-state index contributed by atoms with van der Waals surface area (Å²) < 4.78 is 2.02. The van der Waals surface area contributed by atoms with E-state index >= 15 is 0 Å². The van der Waals surface area contributed by atoms with Crippen LogP contribution in [0.2, 0.25) is 0 Å². The van der Waals surface area contributed by atoms with Crippen molar-refractivity contribution in [3.63, 3.8) is 0 Å². The lowest BCUT2D eigenvalue weighted by Gasteiger charge is -2.21. The Kier molecular flexibility index (Phi) is 2.15. The molecule has 2 aliphatic carbocycles. The second kappa shape index (κ2) is 3.82. The molecular formula is C16H20N4. The molecule has 0 bridgehead atoms. The summed E-state index contributed by atoms with van der Waals surface area (Å²) in [5.41, 5.74) is 4.73. The van der Waals surface area contributed by atoms with Gasteiger partial charge in [0.05, 0.1) is 11.7 Å². The third-order valence-corrected chi connectivity index (χ3v) is 5.33. The van der Waals surface area contributed by atoms with Gasteiger partial charge in [-0.3, -0.25) is 0 Å². The molecule has 1 saturated heterocycles. The molecule has 4 heteroatoms. The molecule has 2 saturated carbocycles. The number of hydrogen-bond acceptors (Lipinski definition) is 3. The second-order valence-electron chi connectivity index (χ2n) is 6.75. The highest BCUT2D eigenvalue weighted by molar-refractivity contribution is 5.45. The molecular weight excluding hydrogens is 248 g/mol. The number of nitrogens with one attached hydrogen (secondary N) is 1. The van der Waals surface area contributed by atoms with Crippen LogP contribution < -0.4 is 5.32 Å². The highest BCUT2D eigenvalue weighted by atomic mass is 15.3. The summed E-state index contributed by atoms with van der Waals surface area (Å²) in [5.74, 6) is 2.70. The van der Waals surface area contributed by atoms with Gasteiger partial charge in [0.1, 0.15) is 0 Å². The van der Waals surface area contributed by atoms with Gasteiger partial charge in [0, 0.05) is 23.4 Å². The molecule has 3 heterocycles. The second-order valence-corrected chi connectivity index (χ2v) is 6.75. The number of aryl methyl sites for hydroxylation is 1. The zero-order valence-corrected chi connectivity index (χ0v) is 11.8. The Balaban J connectivity index is 1.54. The highest BCUT2D eigenvalue weighted by Crippen LogP contribution is 2.73. The van der Waals surface area contributed by atoms with Gasteiger partial charge in [-0.05, 0) is 50.6 Å². The largest absolute Gasteiger partial charge is 0.309 e. The van der Waals surface area contributed by atoms with Gasteiger partial charge in [-0.1, -0.05) is 6.42 Å². The Labute approximate surface area is 118 Å². The lowest BCUT2D eigenvalue weighted by molar-refractivity contribution is 0.404. The van der Waals surface area contributed by atoms with Crippen molar-refractivity contribution in [1.82, 2.24) is 19.9 Å². The number of aromatic nitrogens is 3. The van der Waals surface area contributed by atoms with Crippen molar-refractivity contribution in [1.29, 1.82) is 0 Å². The summed E-state index contributed by atoms with van der Waals surface area (Å²) in [6, 6.07) is 4.85. The van der Waals surface area contributed by atoms with E-state index in [9.17, 15) is 0 Å². The molecule has 0 amide bonds. The van der Waals surface area contributed by atoms with E-state index in [1.807, 2.05) is 4.52 Å². The minimum absolute atomic E-state index is 0.419. The molecule has 104 valence electrons. The summed E-state index contributed by atoms with van der Waals surface area (Å²) in [5, 5.41) is 8.35. The Morgan fingerprint density at radius 1 is 1.20 bits per heavy atom. The van der Waals surface area contributed by atoms with Crippen molar-refractivity contribution in [3.8, 4) is 0 Å². The zero-order valence-electron chi connectivity index (χ0n) is 11.8. The van der Waals surface area contributed by atoms with Crippen LogP contribution in [-0.2, 0) is 0 Å². The van der Waals surface area contributed by atoms with Crippen molar-refractivity contribution < 1.29 is 0 Å². The van der Waals surface area contributed by atoms with Crippen LogP contribution in [0, 0.1) is 18.8 Å². The summed E-state index contributed by atoms with van der Waals surface area (Å²) in [4.78, 5) is 4.87. The topological polar surface area (TPSA) is 42.2 Å². The fourth-order valence-corrected chi connectivity index (χ4v) is 3.83. The van der Waals surface area contributed by atoms with E-state index in [1.54, 1.807) is 0 Å². The molecule has 20 heavy (non-hydrogen) atoms. The maximum absolute atomic E-state index is 4.87. The predicted molar refractivity (Wildman–Crippen MR) is 76.7 cm³/mol. The molecule has 1 N–H and O–H groups in total. The van der Waals surface area contributed by atoms with E-state index in [1.165, 1.54) is 42.8 Å². The van der Waals surface area contributed by atoms with Crippen molar-refractivity contribution in [2.75, 3.05) is 6.54 Å². The first-order valence-electron chi connectivity index (χ1n) is 7.92. The van der Waals surface area contributed by atoms with Crippen molar-refractivity contribution >= 4 is 5.65 Å². The SMILES string of the molecule is Cc1cc(C2C3CC32)nc2cc([C@@H]3CCCCN3)nn12. The highest BCUT2D eigenvalue weighted by Gasteiger charge is 2.65. The van der Waals surface area contributed by atoms with Crippen molar-refractivity contribution in [3.05, 3.63) is 29.2 Å². The fourth-order valence-electron chi connectivity index (χ4n) is 3.83. The summed E-state index contributed by atoms with van der Waals surface area (Å²) in [7, 11) is 0. The van der Waals surface area contributed by atoms with E-state index in [-0.39, 0.29) is 0 Å². The maximum atomic E-state index is 4.87. The lowest BCUT2D eigenvalue weighted by atomic mass is 10.0. The van der Waals surface area contributed by atoms with Gasteiger partial charge < -0.3 is 5.32 Å². The van der Waals surface area contributed by atoms with Crippen LogP contribution in [-0.4, -0.2) is 21.1 Å². The van der Waals surface area contributed by atoms with Crippen molar-refractivity contribution in [2.24, 2.45) is 11.8 Å². The smallest absolute Gasteiger partial charge is 0.155 e. The fraction of sp³-hybridized carbons (Fsp3) is 0.625. The molecule has 5 rings (SSSR count). The summed E-state index contributed by atoms with van der Waals surface area (Å²) in [6.07, 6.45) is 5.22. The van der Waals surface area contributed by atoms with Crippen LogP contribution in [0.15, 0.2) is 12.1 Å². The molecule has 0 aromatic carbocycles. The molecule has 1 aliphatic heterocycles. The summed E-state index contributed by atoms with van der Waals surface area (Å²) >= 11 is 0. The summed E-state index contributed by atoms with van der Waals surface area (Å²) in [6.45, 7) is 3.26. The maximum Gasteiger partial charge on any atom is 0.155 e. The van der Waals surface area contributed by atoms with Crippen LogP contribution >= 0.6 is 0 Å². The Morgan fingerprint density at radius 2 is 2.10 bits per heavy atom. The predicted octanol–water partition coefficient (Wildman–Crippen LogP) is 2.59. The number of nitrogens with zero attached hydrogens (tertiary/aromatic N) is 3. The van der Waals surface area contributed by atoms with Crippen LogP contribution in [0.25, 0.3) is 5.65 Å². The first kappa shape index (κ1) is 11.3. The molecule has 3 fully saturated rings. The number of fused-ring (bicyclic) bond motifs is 2. The Hall–Kier alpha value is -1.42. The Morgan fingerprint density at radius 3 is 2.80 bits per heavy atom. The molecule has 4 nitrogen and oxygen atoms in total. The molecule has 2 aromatic rings. The van der Waals surface area contributed by atoms with E-state index in [0.29, 0.717) is 6.04 Å².